The molecule has 0 unspecified atom stereocenters. The van der Waals surface area contributed by atoms with Gasteiger partial charge in [-0.15, -0.1) is 0 Å². The van der Waals surface area contributed by atoms with Crippen molar-refractivity contribution in [1.82, 2.24) is 0 Å². The molecule has 1 aliphatic rings. The van der Waals surface area contributed by atoms with Crippen LogP contribution in [0.5, 0.6) is 5.75 Å². The van der Waals surface area contributed by atoms with Gasteiger partial charge in [-0.2, -0.15) is 13.2 Å². The molecule has 1 N–H and O–H groups in total. The molecule has 1 heterocycles. The standard InChI is InChI=1S/C22H22F3N3O3S/c1-3-11-31-17-9-7-16(8-10-17)28-19(29)13-18(20(28)30)32-21(26-2)27-15-6-4-5-14(12-15)22(23,24)25/h4-10,12,18H,3,11,13H2,1-2H3,(H,26,27)/t18-/m1/s1. The lowest BCUT2D eigenvalue weighted by Crippen LogP contribution is -2.31. The molecule has 2 aromatic rings. The Morgan fingerprint density at radius 1 is 1.22 bits per heavy atom. The number of anilines is 2. The fourth-order valence-electron chi connectivity index (χ4n) is 3.05. The maximum Gasteiger partial charge on any atom is 0.416 e. The van der Waals surface area contributed by atoms with E-state index in [1.165, 1.54) is 19.2 Å². The van der Waals surface area contributed by atoms with E-state index in [1.807, 2.05) is 6.92 Å². The third-order valence-electron chi connectivity index (χ3n) is 4.57. The van der Waals surface area contributed by atoms with Gasteiger partial charge >= 0.3 is 6.18 Å². The summed E-state index contributed by atoms with van der Waals surface area (Å²) >= 11 is 1.01. The van der Waals surface area contributed by atoms with Crippen LogP contribution in [0.2, 0.25) is 0 Å². The molecular formula is C22H22F3N3O3S. The van der Waals surface area contributed by atoms with E-state index in [-0.39, 0.29) is 23.2 Å². The summed E-state index contributed by atoms with van der Waals surface area (Å²) in [6.07, 6.45) is -3.65. The number of carbonyl (C=O) groups excluding carboxylic acids is 2. The maximum absolute atomic E-state index is 12.9. The van der Waals surface area contributed by atoms with E-state index in [1.54, 1.807) is 24.3 Å². The Bertz CT molecular complexity index is 1010. The molecule has 1 saturated heterocycles. The van der Waals surface area contributed by atoms with Crippen molar-refractivity contribution in [3.8, 4) is 5.75 Å². The van der Waals surface area contributed by atoms with Gasteiger partial charge in [0.1, 0.15) is 11.0 Å². The second-order valence-corrected chi connectivity index (χ2v) is 8.14. The maximum atomic E-state index is 12.9. The number of alkyl halides is 3. The summed E-state index contributed by atoms with van der Waals surface area (Å²) in [4.78, 5) is 30.5. The minimum absolute atomic E-state index is 0.0408. The van der Waals surface area contributed by atoms with Crippen molar-refractivity contribution >= 4 is 40.1 Å². The zero-order chi connectivity index (χ0) is 23.3. The Hall–Kier alpha value is -3.01. The number of imide groups is 1. The molecule has 1 aliphatic heterocycles. The fraction of sp³-hybridized carbons (Fsp3) is 0.318. The van der Waals surface area contributed by atoms with Crippen molar-refractivity contribution in [2.45, 2.75) is 31.2 Å². The van der Waals surface area contributed by atoms with Gasteiger partial charge in [0.15, 0.2) is 5.17 Å². The van der Waals surface area contributed by atoms with Crippen molar-refractivity contribution in [2.75, 3.05) is 23.9 Å². The quantitative estimate of drug-likeness (QED) is 0.371. The van der Waals surface area contributed by atoms with Crippen LogP contribution in [0.4, 0.5) is 24.5 Å². The number of hydrogen-bond donors (Lipinski definition) is 1. The summed E-state index contributed by atoms with van der Waals surface area (Å²) < 4.78 is 44.3. The monoisotopic (exact) mass is 465 g/mol. The minimum atomic E-state index is -4.47. The number of nitrogens with one attached hydrogen (secondary N) is 1. The topological polar surface area (TPSA) is 71.0 Å². The van der Waals surface area contributed by atoms with Crippen LogP contribution in [0.25, 0.3) is 0 Å². The summed E-state index contributed by atoms with van der Waals surface area (Å²) in [7, 11) is 1.46. The first-order chi connectivity index (χ1) is 15.2. The van der Waals surface area contributed by atoms with Gasteiger partial charge in [-0.1, -0.05) is 24.8 Å². The molecule has 0 radical (unpaired) electrons. The number of nitrogens with zero attached hydrogens (tertiary/aromatic N) is 2. The molecule has 32 heavy (non-hydrogen) atoms. The van der Waals surface area contributed by atoms with Crippen LogP contribution >= 0.6 is 11.8 Å². The first-order valence-corrected chi connectivity index (χ1v) is 10.8. The van der Waals surface area contributed by atoms with Gasteiger partial charge in [-0.3, -0.25) is 14.6 Å². The Balaban J connectivity index is 1.68. The Labute approximate surface area is 187 Å². The van der Waals surface area contributed by atoms with Crippen molar-refractivity contribution in [3.63, 3.8) is 0 Å². The van der Waals surface area contributed by atoms with Gasteiger partial charge < -0.3 is 10.1 Å². The van der Waals surface area contributed by atoms with E-state index in [0.29, 0.717) is 18.0 Å². The molecule has 0 bridgehead atoms. The molecule has 6 nitrogen and oxygen atoms in total. The molecule has 3 rings (SSSR count). The highest BCUT2D eigenvalue weighted by Gasteiger charge is 2.41. The number of benzene rings is 2. The highest BCUT2D eigenvalue weighted by molar-refractivity contribution is 8.15. The molecule has 170 valence electrons. The summed E-state index contributed by atoms with van der Waals surface area (Å²) in [6.45, 7) is 2.56. The van der Waals surface area contributed by atoms with Crippen LogP contribution in [-0.2, 0) is 15.8 Å². The van der Waals surface area contributed by atoms with Crippen LogP contribution < -0.4 is 15.0 Å². The summed E-state index contributed by atoms with van der Waals surface area (Å²) in [5.74, 6) is -0.121. The third kappa shape index (κ3) is 5.61. The average molecular weight is 465 g/mol. The first-order valence-electron chi connectivity index (χ1n) is 9.90. The van der Waals surface area contributed by atoms with Gasteiger partial charge in [-0.05, 0) is 48.9 Å². The van der Waals surface area contributed by atoms with E-state index in [0.717, 1.165) is 35.2 Å². The number of carbonyl (C=O) groups is 2. The molecule has 0 aliphatic carbocycles. The number of amidine groups is 1. The lowest BCUT2D eigenvalue weighted by atomic mass is 10.2. The molecule has 0 aromatic heterocycles. The molecular weight excluding hydrogens is 443 g/mol. The van der Waals surface area contributed by atoms with Crippen LogP contribution in [0, 0.1) is 0 Å². The van der Waals surface area contributed by atoms with Crippen molar-refractivity contribution in [2.24, 2.45) is 4.99 Å². The summed E-state index contributed by atoms with van der Waals surface area (Å²) in [6, 6.07) is 11.4. The number of rotatable bonds is 6. The zero-order valence-electron chi connectivity index (χ0n) is 17.5. The highest BCUT2D eigenvalue weighted by atomic mass is 32.2. The molecule has 0 saturated carbocycles. The number of halogens is 3. The van der Waals surface area contributed by atoms with Crippen LogP contribution in [0.15, 0.2) is 53.5 Å². The Kier molecular flexibility index (Phi) is 7.44. The predicted molar refractivity (Wildman–Crippen MR) is 119 cm³/mol. The Morgan fingerprint density at radius 3 is 2.56 bits per heavy atom. The molecule has 10 heteroatoms. The Morgan fingerprint density at radius 2 is 1.94 bits per heavy atom. The second-order valence-electron chi connectivity index (χ2n) is 6.95. The van der Waals surface area contributed by atoms with E-state index >= 15 is 0 Å². The normalized spacial score (nSPS) is 17.1. The minimum Gasteiger partial charge on any atom is -0.494 e. The van der Waals surface area contributed by atoms with Gasteiger partial charge in [0.25, 0.3) is 0 Å². The average Bonchev–Trinajstić information content (AvgIpc) is 3.04. The molecule has 2 aromatic carbocycles. The van der Waals surface area contributed by atoms with Crippen molar-refractivity contribution in [1.29, 1.82) is 0 Å². The van der Waals surface area contributed by atoms with Crippen LogP contribution in [0.3, 0.4) is 0 Å². The van der Waals surface area contributed by atoms with Crippen molar-refractivity contribution < 1.29 is 27.5 Å². The third-order valence-corrected chi connectivity index (χ3v) is 5.73. The van der Waals surface area contributed by atoms with Gasteiger partial charge in [0.05, 0.1) is 17.9 Å². The van der Waals surface area contributed by atoms with Crippen LogP contribution in [0.1, 0.15) is 25.3 Å². The summed E-state index contributed by atoms with van der Waals surface area (Å²) in [5, 5.41) is 2.30. The van der Waals surface area contributed by atoms with E-state index in [9.17, 15) is 22.8 Å². The van der Waals surface area contributed by atoms with Crippen LogP contribution in [-0.4, -0.2) is 35.9 Å². The number of amides is 2. The smallest absolute Gasteiger partial charge is 0.416 e. The number of aliphatic imine (C=N–C) groups is 1. The van der Waals surface area contributed by atoms with E-state index < -0.39 is 22.9 Å². The number of hydrogen-bond acceptors (Lipinski definition) is 5. The predicted octanol–water partition coefficient (Wildman–Crippen LogP) is 4.96. The zero-order valence-corrected chi connectivity index (χ0v) is 18.3. The van der Waals surface area contributed by atoms with Crippen molar-refractivity contribution in [3.05, 3.63) is 54.1 Å². The van der Waals surface area contributed by atoms with E-state index in [2.05, 4.69) is 10.3 Å². The highest BCUT2D eigenvalue weighted by Crippen LogP contribution is 2.33. The summed E-state index contributed by atoms with van der Waals surface area (Å²) in [5.41, 5.74) is -0.176. The first kappa shape index (κ1) is 23.6. The largest absolute Gasteiger partial charge is 0.494 e. The van der Waals surface area contributed by atoms with E-state index in [4.69, 9.17) is 4.74 Å². The van der Waals surface area contributed by atoms with Gasteiger partial charge in [-0.25, -0.2) is 4.90 Å². The number of thioether (sulfide) groups is 1. The molecule has 1 atom stereocenters. The lowest BCUT2D eigenvalue weighted by Gasteiger charge is -2.16. The molecule has 1 fully saturated rings. The second kappa shape index (κ2) is 10.1. The molecule has 2 amide bonds. The molecule has 0 spiro atoms. The number of ether oxygens (including phenoxy) is 1. The lowest BCUT2D eigenvalue weighted by molar-refractivity contribution is -0.137. The SMILES string of the molecule is CCCOc1ccc(N2C(=O)C[C@@H](SC(=NC)Nc3cccc(C(F)(F)F)c3)C2=O)cc1. The van der Waals surface area contributed by atoms with Gasteiger partial charge in [0.2, 0.25) is 11.8 Å². The fourth-order valence-corrected chi connectivity index (χ4v) is 4.03. The van der Waals surface area contributed by atoms with Gasteiger partial charge in [0, 0.05) is 19.2 Å².